The van der Waals surface area contributed by atoms with Crippen LogP contribution >= 0.6 is 11.3 Å². The number of aromatic carboxylic acids is 1. The van der Waals surface area contributed by atoms with Crippen LogP contribution in [0.2, 0.25) is 0 Å². The first-order valence-electron chi connectivity index (χ1n) is 5.21. The van der Waals surface area contributed by atoms with E-state index >= 15 is 0 Å². The van der Waals surface area contributed by atoms with Crippen molar-refractivity contribution >= 4 is 29.4 Å². The SMILES string of the molecule is NC(=O)NCCNC(=O)NCc1nc(C(=O)O)cs1. The Morgan fingerprint density at radius 1 is 1.26 bits per heavy atom. The number of hydrogen-bond donors (Lipinski definition) is 5. The summed E-state index contributed by atoms with van der Waals surface area (Å²) in [5.74, 6) is -1.11. The fourth-order valence-corrected chi connectivity index (χ4v) is 1.78. The van der Waals surface area contributed by atoms with Gasteiger partial charge in [-0.15, -0.1) is 11.3 Å². The third-order valence-electron chi connectivity index (χ3n) is 1.88. The molecule has 0 unspecified atom stereocenters. The van der Waals surface area contributed by atoms with E-state index < -0.39 is 18.0 Å². The summed E-state index contributed by atoms with van der Waals surface area (Å²) >= 11 is 1.14. The molecule has 0 aliphatic rings. The van der Waals surface area contributed by atoms with E-state index in [2.05, 4.69) is 20.9 Å². The van der Waals surface area contributed by atoms with E-state index in [-0.39, 0.29) is 25.3 Å². The highest BCUT2D eigenvalue weighted by molar-refractivity contribution is 7.09. The second-order valence-corrected chi connectivity index (χ2v) is 4.27. The number of nitrogens with zero attached hydrogens (tertiary/aromatic N) is 1. The molecule has 1 rings (SSSR count). The van der Waals surface area contributed by atoms with Crippen molar-refractivity contribution in [3.8, 4) is 0 Å². The normalized spacial score (nSPS) is 9.68. The number of amides is 4. The number of carbonyl (C=O) groups is 3. The summed E-state index contributed by atoms with van der Waals surface area (Å²) in [5, 5.41) is 17.8. The third-order valence-corrected chi connectivity index (χ3v) is 2.73. The van der Waals surface area contributed by atoms with Gasteiger partial charge in [0.05, 0.1) is 6.54 Å². The first-order chi connectivity index (χ1) is 8.99. The number of primary amides is 1. The van der Waals surface area contributed by atoms with Gasteiger partial charge in [-0.25, -0.2) is 19.4 Å². The van der Waals surface area contributed by atoms with Crippen LogP contribution in [-0.4, -0.2) is 41.2 Å². The van der Waals surface area contributed by atoms with Gasteiger partial charge >= 0.3 is 18.0 Å². The largest absolute Gasteiger partial charge is 0.476 e. The second-order valence-electron chi connectivity index (χ2n) is 3.33. The van der Waals surface area contributed by atoms with Crippen molar-refractivity contribution in [1.82, 2.24) is 20.9 Å². The van der Waals surface area contributed by atoms with E-state index in [0.717, 1.165) is 11.3 Å². The molecule has 9 nitrogen and oxygen atoms in total. The van der Waals surface area contributed by atoms with Gasteiger partial charge in [0.15, 0.2) is 5.69 Å². The number of aromatic nitrogens is 1. The number of hydrogen-bond acceptors (Lipinski definition) is 5. The van der Waals surface area contributed by atoms with E-state index in [1.54, 1.807) is 0 Å². The van der Waals surface area contributed by atoms with Gasteiger partial charge in [-0.1, -0.05) is 0 Å². The van der Waals surface area contributed by atoms with Crippen LogP contribution in [0.1, 0.15) is 15.5 Å². The Balaban J connectivity index is 2.22. The molecule has 6 N–H and O–H groups in total. The molecule has 10 heteroatoms. The molecular weight excluding hydrogens is 274 g/mol. The van der Waals surface area contributed by atoms with Crippen LogP contribution in [0.15, 0.2) is 5.38 Å². The molecule has 1 aromatic heterocycles. The number of nitrogens with two attached hydrogens (primary N) is 1. The highest BCUT2D eigenvalue weighted by atomic mass is 32.1. The van der Waals surface area contributed by atoms with Crippen LogP contribution < -0.4 is 21.7 Å². The molecule has 4 amide bonds. The fraction of sp³-hybridized carbons (Fsp3) is 0.333. The van der Waals surface area contributed by atoms with E-state index in [1.807, 2.05) is 0 Å². The topological polar surface area (TPSA) is 146 Å². The van der Waals surface area contributed by atoms with Crippen LogP contribution in [0.5, 0.6) is 0 Å². The van der Waals surface area contributed by atoms with Crippen molar-refractivity contribution in [1.29, 1.82) is 0 Å². The number of carbonyl (C=O) groups excluding carboxylic acids is 2. The van der Waals surface area contributed by atoms with Crippen LogP contribution in [0.4, 0.5) is 9.59 Å². The Bertz CT molecular complexity index is 475. The molecular formula is C9H13N5O4S. The minimum absolute atomic E-state index is 0.0483. The molecule has 104 valence electrons. The monoisotopic (exact) mass is 287 g/mol. The van der Waals surface area contributed by atoms with Crippen molar-refractivity contribution in [3.05, 3.63) is 16.1 Å². The smallest absolute Gasteiger partial charge is 0.355 e. The Hall–Kier alpha value is -2.36. The summed E-state index contributed by atoms with van der Waals surface area (Å²) in [5.41, 5.74) is 4.79. The number of rotatable bonds is 6. The molecule has 0 radical (unpaired) electrons. The third kappa shape index (κ3) is 5.68. The predicted octanol–water partition coefficient (Wildman–Crippen LogP) is -0.691. The zero-order valence-corrected chi connectivity index (χ0v) is 10.6. The Kier molecular flexibility index (Phi) is 5.54. The average molecular weight is 287 g/mol. The molecule has 0 saturated carbocycles. The van der Waals surface area contributed by atoms with Crippen LogP contribution in [0, 0.1) is 0 Å². The minimum atomic E-state index is -1.11. The summed E-state index contributed by atoms with van der Waals surface area (Å²) in [4.78, 5) is 36.0. The lowest BCUT2D eigenvalue weighted by Gasteiger charge is -2.06. The molecule has 0 fully saturated rings. The fourth-order valence-electron chi connectivity index (χ4n) is 1.07. The van der Waals surface area contributed by atoms with E-state index in [0.29, 0.717) is 5.01 Å². The number of thiazole rings is 1. The van der Waals surface area contributed by atoms with Gasteiger partial charge in [0.25, 0.3) is 0 Å². The average Bonchev–Trinajstić information content (AvgIpc) is 2.81. The maximum absolute atomic E-state index is 11.3. The summed E-state index contributed by atoms with van der Waals surface area (Å²) in [6.45, 7) is 0.587. The van der Waals surface area contributed by atoms with Crippen molar-refractivity contribution < 1.29 is 19.5 Å². The maximum atomic E-state index is 11.3. The molecule has 1 aromatic rings. The lowest BCUT2D eigenvalue weighted by molar-refractivity contribution is 0.0691. The summed E-state index contributed by atoms with van der Waals surface area (Å²) in [6.07, 6.45) is 0. The highest BCUT2D eigenvalue weighted by Gasteiger charge is 2.09. The molecule has 19 heavy (non-hydrogen) atoms. The minimum Gasteiger partial charge on any atom is -0.476 e. The number of carboxylic acids is 1. The maximum Gasteiger partial charge on any atom is 0.355 e. The Morgan fingerprint density at radius 2 is 1.95 bits per heavy atom. The quantitative estimate of drug-likeness (QED) is 0.439. The van der Waals surface area contributed by atoms with Crippen LogP contribution in [-0.2, 0) is 6.54 Å². The second kappa shape index (κ2) is 7.16. The standard InChI is InChI=1S/C9H13N5O4S/c10-8(17)11-1-2-12-9(18)13-3-6-14-5(4-19-6)7(15)16/h4H,1-3H2,(H,15,16)(H3,10,11,17)(H2,12,13,18). The first-order valence-corrected chi connectivity index (χ1v) is 6.09. The van der Waals surface area contributed by atoms with E-state index in [9.17, 15) is 14.4 Å². The van der Waals surface area contributed by atoms with Gasteiger partial charge in [0.2, 0.25) is 0 Å². The molecule has 0 bridgehead atoms. The van der Waals surface area contributed by atoms with Gasteiger partial charge in [0.1, 0.15) is 5.01 Å². The Labute approximate surface area is 112 Å². The van der Waals surface area contributed by atoms with Crippen molar-refractivity contribution in [2.75, 3.05) is 13.1 Å². The molecule has 0 spiro atoms. The van der Waals surface area contributed by atoms with E-state index in [4.69, 9.17) is 10.8 Å². The molecule has 1 heterocycles. The number of carboxylic acid groups (broad SMARTS) is 1. The predicted molar refractivity (Wildman–Crippen MR) is 66.9 cm³/mol. The highest BCUT2D eigenvalue weighted by Crippen LogP contribution is 2.08. The summed E-state index contributed by atoms with van der Waals surface area (Å²) < 4.78 is 0. The summed E-state index contributed by atoms with van der Waals surface area (Å²) in [7, 11) is 0. The van der Waals surface area contributed by atoms with Crippen molar-refractivity contribution in [3.63, 3.8) is 0 Å². The van der Waals surface area contributed by atoms with Gasteiger partial charge < -0.3 is 26.8 Å². The van der Waals surface area contributed by atoms with Gasteiger partial charge in [-0.2, -0.15) is 0 Å². The molecule has 0 saturated heterocycles. The first kappa shape index (κ1) is 14.7. The van der Waals surface area contributed by atoms with Crippen molar-refractivity contribution in [2.24, 2.45) is 5.73 Å². The zero-order valence-electron chi connectivity index (χ0n) is 9.80. The van der Waals surface area contributed by atoms with Crippen LogP contribution in [0.25, 0.3) is 0 Å². The number of nitrogens with one attached hydrogen (secondary N) is 3. The summed E-state index contributed by atoms with van der Waals surface area (Å²) in [6, 6.07) is -1.11. The molecule has 0 aromatic carbocycles. The van der Waals surface area contributed by atoms with Crippen molar-refractivity contribution in [2.45, 2.75) is 6.54 Å². The lowest BCUT2D eigenvalue weighted by Crippen LogP contribution is -2.41. The zero-order chi connectivity index (χ0) is 14.3. The Morgan fingerprint density at radius 3 is 2.53 bits per heavy atom. The van der Waals surface area contributed by atoms with Crippen LogP contribution in [0.3, 0.4) is 0 Å². The van der Waals surface area contributed by atoms with E-state index in [1.165, 1.54) is 5.38 Å². The molecule has 0 aliphatic heterocycles. The molecule has 0 atom stereocenters. The van der Waals surface area contributed by atoms with Gasteiger partial charge in [-0.3, -0.25) is 0 Å². The number of urea groups is 2. The lowest BCUT2D eigenvalue weighted by atomic mass is 10.5. The molecule has 0 aliphatic carbocycles. The van der Waals surface area contributed by atoms with Gasteiger partial charge in [-0.05, 0) is 0 Å². The van der Waals surface area contributed by atoms with Gasteiger partial charge in [0, 0.05) is 18.5 Å².